The predicted molar refractivity (Wildman–Crippen MR) is 100 cm³/mol. The van der Waals surface area contributed by atoms with Gasteiger partial charge in [0.05, 0.1) is 24.7 Å². The molecule has 0 aliphatic heterocycles. The zero-order valence-electron chi connectivity index (χ0n) is 14.1. The molecule has 0 spiro atoms. The molecule has 0 unspecified atom stereocenters. The number of nitrogens with one attached hydrogen (secondary N) is 1. The Bertz CT molecular complexity index is 661. The number of carbonyl (C=O) groups is 1. The number of carbonyl (C=O) groups excluding carboxylic acids is 1. The van der Waals surface area contributed by atoms with Crippen LogP contribution in [0.15, 0.2) is 48.5 Å². The van der Waals surface area contributed by atoms with Crippen molar-refractivity contribution in [3.63, 3.8) is 0 Å². The molecule has 0 saturated heterocycles. The summed E-state index contributed by atoms with van der Waals surface area (Å²) < 4.78 is 11.2. The lowest BCUT2D eigenvalue weighted by molar-refractivity contribution is -0.113. The fourth-order valence-corrected chi connectivity index (χ4v) is 2.73. The Morgan fingerprint density at radius 2 is 1.96 bits per heavy atom. The van der Waals surface area contributed by atoms with Crippen molar-refractivity contribution >= 4 is 23.4 Å². The minimum absolute atomic E-state index is 0.0392. The Kier molecular flexibility index (Phi) is 7.49. The largest absolute Gasteiger partial charge is 0.493 e. The van der Waals surface area contributed by atoms with Crippen LogP contribution in [0, 0.1) is 6.92 Å². The van der Waals surface area contributed by atoms with E-state index in [2.05, 4.69) is 5.32 Å². The molecule has 0 bridgehead atoms. The molecule has 4 nitrogen and oxygen atoms in total. The number of thioether (sulfide) groups is 1. The molecule has 1 N–H and O–H groups in total. The van der Waals surface area contributed by atoms with Gasteiger partial charge in [-0.1, -0.05) is 24.3 Å². The third kappa shape index (κ3) is 6.16. The zero-order chi connectivity index (χ0) is 17.2. The van der Waals surface area contributed by atoms with Crippen molar-refractivity contribution in [1.82, 2.24) is 0 Å². The number of benzene rings is 2. The molecule has 1 amide bonds. The van der Waals surface area contributed by atoms with Crippen molar-refractivity contribution < 1.29 is 14.3 Å². The number of para-hydroxylation sites is 2. The van der Waals surface area contributed by atoms with Crippen molar-refractivity contribution in [3.05, 3.63) is 54.1 Å². The molecule has 5 heteroatoms. The van der Waals surface area contributed by atoms with Crippen molar-refractivity contribution in [1.29, 1.82) is 0 Å². The van der Waals surface area contributed by atoms with Crippen LogP contribution in [0.1, 0.15) is 12.5 Å². The lowest BCUT2D eigenvalue weighted by atomic mass is 10.2. The van der Waals surface area contributed by atoms with Crippen LogP contribution in [0.4, 0.5) is 5.69 Å². The fourth-order valence-electron chi connectivity index (χ4n) is 2.13. The van der Waals surface area contributed by atoms with Gasteiger partial charge in [0.25, 0.3) is 0 Å². The Hall–Kier alpha value is -2.14. The highest BCUT2D eigenvalue weighted by atomic mass is 32.2. The standard InChI is InChI=1S/C19H23NO3S/c1-3-22-18-10-5-4-9-17(18)20-19(21)14-24-12-11-23-16-8-6-7-15(2)13-16/h4-10,13H,3,11-12,14H2,1-2H3,(H,20,21). The maximum atomic E-state index is 12.0. The second-order valence-electron chi connectivity index (χ2n) is 5.19. The molecule has 128 valence electrons. The first kappa shape index (κ1) is 18.2. The van der Waals surface area contributed by atoms with Gasteiger partial charge in [-0.2, -0.15) is 0 Å². The maximum Gasteiger partial charge on any atom is 0.234 e. The molecule has 2 rings (SSSR count). The van der Waals surface area contributed by atoms with Gasteiger partial charge >= 0.3 is 0 Å². The van der Waals surface area contributed by atoms with Crippen LogP contribution >= 0.6 is 11.8 Å². The van der Waals surface area contributed by atoms with E-state index in [1.165, 1.54) is 5.56 Å². The Labute approximate surface area is 147 Å². The topological polar surface area (TPSA) is 47.6 Å². The minimum Gasteiger partial charge on any atom is -0.493 e. The molecule has 0 fully saturated rings. The van der Waals surface area contributed by atoms with Crippen molar-refractivity contribution in [3.8, 4) is 11.5 Å². The molecular formula is C19H23NO3S. The lowest BCUT2D eigenvalue weighted by Crippen LogP contribution is -2.16. The Morgan fingerprint density at radius 1 is 1.12 bits per heavy atom. The van der Waals surface area contributed by atoms with Crippen LogP contribution in [0.5, 0.6) is 11.5 Å². The Morgan fingerprint density at radius 3 is 2.75 bits per heavy atom. The first-order valence-corrected chi connectivity index (χ1v) is 9.13. The van der Waals surface area contributed by atoms with Gasteiger partial charge in [-0.15, -0.1) is 11.8 Å². The number of hydrogen-bond acceptors (Lipinski definition) is 4. The third-order valence-electron chi connectivity index (χ3n) is 3.18. The normalized spacial score (nSPS) is 10.2. The molecular weight excluding hydrogens is 322 g/mol. The first-order chi connectivity index (χ1) is 11.7. The summed E-state index contributed by atoms with van der Waals surface area (Å²) >= 11 is 1.55. The van der Waals surface area contributed by atoms with E-state index in [0.717, 1.165) is 11.5 Å². The number of anilines is 1. The van der Waals surface area contributed by atoms with Gasteiger partial charge in [0.2, 0.25) is 5.91 Å². The monoisotopic (exact) mass is 345 g/mol. The first-order valence-electron chi connectivity index (χ1n) is 7.98. The molecule has 2 aromatic carbocycles. The van der Waals surface area contributed by atoms with Gasteiger partial charge < -0.3 is 14.8 Å². The molecule has 0 atom stereocenters. The summed E-state index contributed by atoms with van der Waals surface area (Å²) in [6.45, 7) is 5.10. The summed E-state index contributed by atoms with van der Waals surface area (Å²) in [5, 5.41) is 2.89. The summed E-state index contributed by atoms with van der Waals surface area (Å²) in [4.78, 5) is 12.0. The smallest absolute Gasteiger partial charge is 0.234 e. The predicted octanol–water partition coefficient (Wildman–Crippen LogP) is 4.14. The fraction of sp³-hybridized carbons (Fsp3) is 0.316. The van der Waals surface area contributed by atoms with Crippen molar-refractivity contribution in [2.45, 2.75) is 13.8 Å². The highest BCUT2D eigenvalue weighted by Crippen LogP contribution is 2.23. The summed E-state index contributed by atoms with van der Waals surface area (Å²) in [5.74, 6) is 2.67. The van der Waals surface area contributed by atoms with Gasteiger partial charge in [-0.3, -0.25) is 4.79 Å². The van der Waals surface area contributed by atoms with E-state index in [0.29, 0.717) is 30.4 Å². The maximum absolute atomic E-state index is 12.0. The van der Waals surface area contributed by atoms with Gasteiger partial charge in [0, 0.05) is 5.75 Å². The molecule has 0 aromatic heterocycles. The third-order valence-corrected chi connectivity index (χ3v) is 4.10. The minimum atomic E-state index is -0.0392. The van der Waals surface area contributed by atoms with E-state index in [9.17, 15) is 4.79 Å². The van der Waals surface area contributed by atoms with Crippen LogP contribution in [0.3, 0.4) is 0 Å². The summed E-state index contributed by atoms with van der Waals surface area (Å²) in [6, 6.07) is 15.4. The average molecular weight is 345 g/mol. The van der Waals surface area contributed by atoms with Crippen molar-refractivity contribution in [2.75, 3.05) is 30.0 Å². The number of rotatable bonds is 9. The quantitative estimate of drug-likeness (QED) is 0.694. The molecule has 0 radical (unpaired) electrons. The van der Waals surface area contributed by atoms with Crippen LogP contribution < -0.4 is 14.8 Å². The number of aryl methyl sites for hydroxylation is 1. The molecule has 0 aliphatic carbocycles. The van der Waals surface area contributed by atoms with Crippen LogP contribution in [0.25, 0.3) is 0 Å². The van der Waals surface area contributed by atoms with E-state index in [-0.39, 0.29) is 5.91 Å². The molecule has 0 aliphatic rings. The van der Waals surface area contributed by atoms with E-state index in [1.54, 1.807) is 11.8 Å². The van der Waals surface area contributed by atoms with E-state index < -0.39 is 0 Å². The van der Waals surface area contributed by atoms with Gasteiger partial charge in [0.15, 0.2) is 0 Å². The number of amides is 1. The van der Waals surface area contributed by atoms with Gasteiger partial charge in [0.1, 0.15) is 11.5 Å². The number of ether oxygens (including phenoxy) is 2. The SMILES string of the molecule is CCOc1ccccc1NC(=O)CSCCOc1cccc(C)c1. The van der Waals surface area contributed by atoms with Crippen LogP contribution in [0.2, 0.25) is 0 Å². The van der Waals surface area contributed by atoms with Crippen LogP contribution in [-0.2, 0) is 4.79 Å². The second-order valence-corrected chi connectivity index (χ2v) is 6.30. The van der Waals surface area contributed by atoms with Crippen LogP contribution in [-0.4, -0.2) is 30.6 Å². The van der Waals surface area contributed by atoms with E-state index in [4.69, 9.17) is 9.47 Å². The van der Waals surface area contributed by atoms with Gasteiger partial charge in [-0.25, -0.2) is 0 Å². The Balaban J connectivity index is 1.68. The summed E-state index contributed by atoms with van der Waals surface area (Å²) in [7, 11) is 0. The number of hydrogen-bond donors (Lipinski definition) is 1. The second kappa shape index (κ2) is 9.88. The van der Waals surface area contributed by atoms with E-state index in [1.807, 2.05) is 62.4 Å². The highest BCUT2D eigenvalue weighted by molar-refractivity contribution is 7.99. The molecule has 24 heavy (non-hydrogen) atoms. The average Bonchev–Trinajstić information content (AvgIpc) is 2.57. The van der Waals surface area contributed by atoms with E-state index >= 15 is 0 Å². The molecule has 2 aromatic rings. The molecule has 0 heterocycles. The lowest BCUT2D eigenvalue weighted by Gasteiger charge is -2.11. The van der Waals surface area contributed by atoms with Crippen molar-refractivity contribution in [2.24, 2.45) is 0 Å². The highest BCUT2D eigenvalue weighted by Gasteiger charge is 2.07. The zero-order valence-corrected chi connectivity index (χ0v) is 14.9. The summed E-state index contributed by atoms with van der Waals surface area (Å²) in [5.41, 5.74) is 1.88. The van der Waals surface area contributed by atoms with Gasteiger partial charge in [-0.05, 0) is 43.7 Å². The molecule has 0 saturated carbocycles. The summed E-state index contributed by atoms with van der Waals surface area (Å²) in [6.07, 6.45) is 0.